The third-order valence-corrected chi connectivity index (χ3v) is 6.76. The maximum Gasteiger partial charge on any atom is 0.135 e. The van der Waals surface area contributed by atoms with Gasteiger partial charge in [-0.05, 0) is 73.8 Å². The molecule has 0 amide bonds. The van der Waals surface area contributed by atoms with E-state index in [9.17, 15) is 0 Å². The predicted molar refractivity (Wildman–Crippen MR) is 131 cm³/mol. The van der Waals surface area contributed by atoms with E-state index in [1.54, 1.807) is 0 Å². The molecule has 0 saturated heterocycles. The first kappa shape index (κ1) is 16.4. The van der Waals surface area contributed by atoms with Crippen LogP contribution in [0, 0.1) is 0 Å². The minimum Gasteiger partial charge on any atom is -0.456 e. The lowest BCUT2D eigenvalue weighted by Gasteiger charge is -2.14. The fourth-order valence-electron chi connectivity index (χ4n) is 4.90. The Bertz CT molecular complexity index is 1740. The third kappa shape index (κ3) is 2.17. The average molecular weight is 447 g/mol. The van der Waals surface area contributed by atoms with Gasteiger partial charge < -0.3 is 4.42 Å². The topological polar surface area (TPSA) is 13.1 Å². The van der Waals surface area contributed by atoms with Gasteiger partial charge in [-0.3, -0.25) is 0 Å². The van der Waals surface area contributed by atoms with Crippen LogP contribution in [0.2, 0.25) is 0 Å². The van der Waals surface area contributed by atoms with Gasteiger partial charge in [0, 0.05) is 15.2 Å². The van der Waals surface area contributed by atoms with E-state index in [1.807, 2.05) is 12.1 Å². The maximum absolute atomic E-state index is 6.06. The summed E-state index contributed by atoms with van der Waals surface area (Å²) in [4.78, 5) is 0. The molecule has 0 unspecified atom stereocenters. The van der Waals surface area contributed by atoms with Crippen molar-refractivity contribution >= 4 is 70.2 Å². The van der Waals surface area contributed by atoms with Crippen LogP contribution in [0.4, 0.5) is 0 Å². The number of rotatable bonds is 1. The summed E-state index contributed by atoms with van der Waals surface area (Å²) in [7, 11) is 0. The number of benzene rings is 6. The molecule has 0 atom stereocenters. The Morgan fingerprint density at radius 1 is 0.533 bits per heavy atom. The summed E-state index contributed by atoms with van der Waals surface area (Å²) in [5.41, 5.74) is 4.31. The molecule has 0 aliphatic carbocycles. The zero-order chi connectivity index (χ0) is 19.8. The van der Waals surface area contributed by atoms with Crippen molar-refractivity contribution in [1.82, 2.24) is 0 Å². The lowest BCUT2D eigenvalue weighted by molar-refractivity contribution is 0.669. The molecule has 0 aliphatic heterocycles. The van der Waals surface area contributed by atoms with Gasteiger partial charge in [-0.2, -0.15) is 0 Å². The van der Waals surface area contributed by atoms with Crippen molar-refractivity contribution in [3.8, 4) is 11.1 Å². The van der Waals surface area contributed by atoms with E-state index in [4.69, 9.17) is 4.42 Å². The quantitative estimate of drug-likeness (QED) is 0.229. The minimum atomic E-state index is 0.917. The Labute approximate surface area is 181 Å². The van der Waals surface area contributed by atoms with Gasteiger partial charge in [0.2, 0.25) is 0 Å². The van der Waals surface area contributed by atoms with Crippen molar-refractivity contribution in [2.75, 3.05) is 0 Å². The van der Waals surface area contributed by atoms with E-state index < -0.39 is 0 Å². The Hall–Kier alpha value is -3.36. The van der Waals surface area contributed by atoms with Crippen LogP contribution >= 0.6 is 15.9 Å². The van der Waals surface area contributed by atoms with Crippen molar-refractivity contribution in [2.24, 2.45) is 0 Å². The largest absolute Gasteiger partial charge is 0.456 e. The first-order valence-corrected chi connectivity index (χ1v) is 10.8. The van der Waals surface area contributed by atoms with Crippen LogP contribution in [0.1, 0.15) is 0 Å². The first-order valence-electron chi connectivity index (χ1n) is 10.0. The molecule has 1 nitrogen and oxygen atoms in total. The molecular formula is C28H15BrO. The SMILES string of the molecule is Brc1ccc2oc3ccc(-c4ccc5ccc6cccc7ccc4c5c67)cc3c2c1. The highest BCUT2D eigenvalue weighted by molar-refractivity contribution is 9.10. The molecule has 0 spiro atoms. The molecule has 1 aromatic heterocycles. The van der Waals surface area contributed by atoms with Gasteiger partial charge >= 0.3 is 0 Å². The molecule has 0 saturated carbocycles. The fraction of sp³-hybridized carbons (Fsp3) is 0. The second kappa shape index (κ2) is 5.84. The number of hydrogen-bond donors (Lipinski definition) is 0. The van der Waals surface area contributed by atoms with Crippen molar-refractivity contribution in [3.05, 3.63) is 95.5 Å². The number of hydrogen-bond acceptors (Lipinski definition) is 1. The van der Waals surface area contributed by atoms with Crippen LogP contribution in [0.15, 0.2) is 99.9 Å². The van der Waals surface area contributed by atoms with Crippen LogP contribution in [-0.4, -0.2) is 0 Å². The molecule has 7 aromatic rings. The highest BCUT2D eigenvalue weighted by Crippen LogP contribution is 2.40. The molecule has 30 heavy (non-hydrogen) atoms. The number of furan rings is 1. The number of fused-ring (bicyclic) bond motifs is 3. The van der Waals surface area contributed by atoms with Crippen LogP contribution in [0.3, 0.4) is 0 Å². The molecule has 0 N–H and O–H groups in total. The Morgan fingerprint density at radius 2 is 1.20 bits per heavy atom. The fourth-order valence-corrected chi connectivity index (χ4v) is 5.27. The third-order valence-electron chi connectivity index (χ3n) is 6.27. The summed E-state index contributed by atoms with van der Waals surface area (Å²) in [5, 5.41) is 10.2. The standard InChI is InChI=1S/C28H15BrO/c29-20-9-13-26-24(15-20)23-14-19(8-12-25(23)30-26)21-10-6-18-5-4-16-2-1-3-17-7-11-22(21)28(18)27(16)17/h1-15H. The highest BCUT2D eigenvalue weighted by Gasteiger charge is 2.14. The lowest BCUT2D eigenvalue weighted by Crippen LogP contribution is -1.87. The average Bonchev–Trinajstić information content (AvgIpc) is 3.14. The van der Waals surface area contributed by atoms with E-state index in [2.05, 4.69) is 94.8 Å². The minimum absolute atomic E-state index is 0.917. The molecule has 0 radical (unpaired) electrons. The van der Waals surface area contributed by atoms with Crippen molar-refractivity contribution in [3.63, 3.8) is 0 Å². The highest BCUT2D eigenvalue weighted by atomic mass is 79.9. The van der Waals surface area contributed by atoms with Crippen molar-refractivity contribution in [2.45, 2.75) is 0 Å². The van der Waals surface area contributed by atoms with E-state index >= 15 is 0 Å². The summed E-state index contributed by atoms with van der Waals surface area (Å²) < 4.78 is 7.12. The van der Waals surface area contributed by atoms with Gasteiger partial charge in [0.1, 0.15) is 11.2 Å². The zero-order valence-corrected chi connectivity index (χ0v) is 17.5. The Balaban J connectivity index is 1.58. The second-order valence-corrected chi connectivity index (χ2v) is 8.84. The van der Waals surface area contributed by atoms with E-state index in [-0.39, 0.29) is 0 Å². The van der Waals surface area contributed by atoms with Gasteiger partial charge in [-0.25, -0.2) is 0 Å². The van der Waals surface area contributed by atoms with Gasteiger partial charge in [0.15, 0.2) is 0 Å². The summed E-state index contributed by atoms with van der Waals surface area (Å²) >= 11 is 3.59. The van der Waals surface area contributed by atoms with E-state index in [1.165, 1.54) is 43.4 Å². The molecule has 140 valence electrons. The molecule has 2 heteroatoms. The predicted octanol–water partition coefficient (Wildman–Crippen LogP) is 8.91. The van der Waals surface area contributed by atoms with Crippen LogP contribution < -0.4 is 0 Å². The molecular weight excluding hydrogens is 432 g/mol. The van der Waals surface area contributed by atoms with Crippen LogP contribution in [-0.2, 0) is 0 Å². The molecule has 0 aliphatic rings. The smallest absolute Gasteiger partial charge is 0.135 e. The van der Waals surface area contributed by atoms with Gasteiger partial charge in [-0.15, -0.1) is 0 Å². The molecule has 1 heterocycles. The molecule has 6 aromatic carbocycles. The second-order valence-electron chi connectivity index (χ2n) is 7.92. The number of halogens is 1. The molecule has 0 bridgehead atoms. The van der Waals surface area contributed by atoms with Crippen molar-refractivity contribution in [1.29, 1.82) is 0 Å². The monoisotopic (exact) mass is 446 g/mol. The lowest BCUT2D eigenvalue weighted by atomic mass is 9.89. The summed E-state index contributed by atoms with van der Waals surface area (Å²) in [6.45, 7) is 0. The molecule has 0 fully saturated rings. The normalized spacial score (nSPS) is 12.2. The van der Waals surface area contributed by atoms with Crippen LogP contribution in [0.5, 0.6) is 0 Å². The van der Waals surface area contributed by atoms with Gasteiger partial charge in [-0.1, -0.05) is 76.6 Å². The zero-order valence-electron chi connectivity index (χ0n) is 15.9. The van der Waals surface area contributed by atoms with E-state index in [0.717, 1.165) is 26.4 Å². The summed E-state index contributed by atoms with van der Waals surface area (Å²) in [6.07, 6.45) is 0. The van der Waals surface area contributed by atoms with Gasteiger partial charge in [0.25, 0.3) is 0 Å². The van der Waals surface area contributed by atoms with Crippen LogP contribution in [0.25, 0.3) is 65.4 Å². The summed E-state index contributed by atoms with van der Waals surface area (Å²) in [6, 6.07) is 32.7. The summed E-state index contributed by atoms with van der Waals surface area (Å²) in [5.74, 6) is 0. The van der Waals surface area contributed by atoms with E-state index in [0.29, 0.717) is 0 Å². The Morgan fingerprint density at radius 3 is 2.03 bits per heavy atom. The first-order chi connectivity index (χ1) is 14.8. The Kier molecular flexibility index (Phi) is 3.20. The van der Waals surface area contributed by atoms with Crippen molar-refractivity contribution < 1.29 is 4.42 Å². The molecule has 7 rings (SSSR count). The maximum atomic E-state index is 6.06. The van der Waals surface area contributed by atoms with Gasteiger partial charge in [0.05, 0.1) is 0 Å².